The molecule has 3 unspecified atom stereocenters. The fourth-order valence-electron chi connectivity index (χ4n) is 1.81. The second-order valence-electron chi connectivity index (χ2n) is 3.81. The maximum absolute atomic E-state index is 5.81. The van der Waals surface area contributed by atoms with E-state index in [-0.39, 0.29) is 0 Å². The largest absolute Gasteiger partial charge is 0.328 e. The smallest absolute Gasteiger partial charge is 0.0524 e. The maximum atomic E-state index is 5.81. The minimum atomic E-state index is 0.329. The molecule has 0 bridgehead atoms. The molecule has 1 aromatic heterocycles. The van der Waals surface area contributed by atoms with Gasteiger partial charge in [-0.25, -0.2) is 0 Å². The molecule has 66 valence electrons. The number of aryl methyl sites for hydroxylation is 1. The van der Waals surface area contributed by atoms with Crippen LogP contribution in [0.5, 0.6) is 0 Å². The van der Waals surface area contributed by atoms with Gasteiger partial charge in [0.1, 0.15) is 0 Å². The lowest BCUT2D eigenvalue weighted by molar-refractivity contribution is 0.631. The predicted molar refractivity (Wildman–Crippen MR) is 47.7 cm³/mol. The highest BCUT2D eigenvalue weighted by atomic mass is 15.2. The number of rotatable bonds is 2. The second kappa shape index (κ2) is 2.59. The molecule has 3 nitrogen and oxygen atoms in total. The average Bonchev–Trinajstić information content (AvgIpc) is 2.70. The van der Waals surface area contributed by atoms with E-state index < -0.39 is 0 Å². The standard InChI is InChI=1S/C9H15N3/c1-6(10)8-3-9(8)7-4-11-12(2)5-7/h4-6,8-9H,3,10H2,1-2H3. The highest BCUT2D eigenvalue weighted by molar-refractivity contribution is 5.21. The Bertz CT molecular complexity index is 277. The lowest BCUT2D eigenvalue weighted by Gasteiger charge is -2.00. The van der Waals surface area contributed by atoms with Crippen LogP contribution in [-0.2, 0) is 7.05 Å². The van der Waals surface area contributed by atoms with Crippen LogP contribution in [0.2, 0.25) is 0 Å². The quantitative estimate of drug-likeness (QED) is 0.706. The van der Waals surface area contributed by atoms with Gasteiger partial charge >= 0.3 is 0 Å². The van der Waals surface area contributed by atoms with E-state index in [9.17, 15) is 0 Å². The molecule has 3 atom stereocenters. The zero-order valence-electron chi connectivity index (χ0n) is 7.57. The SMILES string of the molecule is CC(N)C1CC1c1cnn(C)c1. The molecule has 12 heavy (non-hydrogen) atoms. The van der Waals surface area contributed by atoms with Crippen molar-refractivity contribution in [2.75, 3.05) is 0 Å². The monoisotopic (exact) mass is 165 g/mol. The molecule has 0 aliphatic heterocycles. The maximum Gasteiger partial charge on any atom is 0.0524 e. The Morgan fingerprint density at radius 3 is 2.92 bits per heavy atom. The molecule has 2 N–H and O–H groups in total. The molecule has 1 aliphatic carbocycles. The van der Waals surface area contributed by atoms with Crippen LogP contribution in [0.15, 0.2) is 12.4 Å². The molecule has 2 rings (SSSR count). The summed E-state index contributed by atoms with van der Waals surface area (Å²) in [5.41, 5.74) is 7.15. The molecule has 0 saturated heterocycles. The van der Waals surface area contributed by atoms with Crippen LogP contribution in [0.3, 0.4) is 0 Å². The Hall–Kier alpha value is -0.830. The summed E-state index contributed by atoms with van der Waals surface area (Å²) in [5.74, 6) is 1.37. The van der Waals surface area contributed by atoms with Gasteiger partial charge in [-0.15, -0.1) is 0 Å². The molecule has 1 aromatic rings. The van der Waals surface area contributed by atoms with E-state index in [1.165, 1.54) is 12.0 Å². The van der Waals surface area contributed by atoms with Gasteiger partial charge in [0.15, 0.2) is 0 Å². The summed E-state index contributed by atoms with van der Waals surface area (Å²) in [6.07, 6.45) is 5.28. The first-order valence-electron chi connectivity index (χ1n) is 4.42. The minimum Gasteiger partial charge on any atom is -0.328 e. The van der Waals surface area contributed by atoms with Crippen LogP contribution in [-0.4, -0.2) is 15.8 Å². The van der Waals surface area contributed by atoms with Crippen molar-refractivity contribution in [3.8, 4) is 0 Å². The lowest BCUT2D eigenvalue weighted by atomic mass is 10.1. The summed E-state index contributed by atoms with van der Waals surface area (Å²) in [5, 5.41) is 4.15. The highest BCUT2D eigenvalue weighted by Crippen LogP contribution is 2.48. The first-order valence-corrected chi connectivity index (χ1v) is 4.42. The van der Waals surface area contributed by atoms with E-state index in [1.54, 1.807) is 0 Å². The first kappa shape index (κ1) is 7.80. The van der Waals surface area contributed by atoms with E-state index in [0.29, 0.717) is 17.9 Å². The number of hydrogen-bond acceptors (Lipinski definition) is 2. The summed E-state index contributed by atoms with van der Waals surface area (Å²) in [4.78, 5) is 0. The Morgan fingerprint density at radius 1 is 1.75 bits per heavy atom. The van der Waals surface area contributed by atoms with E-state index in [1.807, 2.05) is 17.9 Å². The Kier molecular flexibility index (Phi) is 1.68. The predicted octanol–water partition coefficient (Wildman–Crippen LogP) is 0.871. The van der Waals surface area contributed by atoms with Crippen LogP contribution < -0.4 is 5.73 Å². The third-order valence-corrected chi connectivity index (χ3v) is 2.67. The molecule has 0 amide bonds. The van der Waals surface area contributed by atoms with Crippen molar-refractivity contribution >= 4 is 0 Å². The molecule has 1 aliphatic rings. The number of nitrogens with zero attached hydrogens (tertiary/aromatic N) is 2. The van der Waals surface area contributed by atoms with Gasteiger partial charge < -0.3 is 5.73 Å². The Labute approximate surface area is 72.6 Å². The number of nitrogens with two attached hydrogens (primary N) is 1. The normalized spacial score (nSPS) is 30.2. The summed E-state index contributed by atoms with van der Waals surface area (Å²) in [6.45, 7) is 2.08. The van der Waals surface area contributed by atoms with Gasteiger partial charge in [0.25, 0.3) is 0 Å². The number of hydrogen-bond donors (Lipinski definition) is 1. The molecule has 3 heteroatoms. The zero-order chi connectivity index (χ0) is 8.72. The second-order valence-corrected chi connectivity index (χ2v) is 3.81. The molecule has 1 fully saturated rings. The summed E-state index contributed by atoms with van der Waals surface area (Å²) < 4.78 is 1.85. The summed E-state index contributed by atoms with van der Waals surface area (Å²) in [6, 6.07) is 0.329. The highest BCUT2D eigenvalue weighted by Gasteiger charge is 2.41. The molecule has 0 aromatic carbocycles. The van der Waals surface area contributed by atoms with E-state index in [2.05, 4.69) is 18.2 Å². The minimum absolute atomic E-state index is 0.329. The van der Waals surface area contributed by atoms with Crippen molar-refractivity contribution in [1.29, 1.82) is 0 Å². The van der Waals surface area contributed by atoms with E-state index in [0.717, 1.165) is 0 Å². The Morgan fingerprint density at radius 2 is 2.50 bits per heavy atom. The van der Waals surface area contributed by atoms with Crippen LogP contribution in [0.25, 0.3) is 0 Å². The first-order chi connectivity index (χ1) is 5.68. The van der Waals surface area contributed by atoms with Gasteiger partial charge in [-0.1, -0.05) is 0 Å². The van der Waals surface area contributed by atoms with Crippen molar-refractivity contribution in [2.45, 2.75) is 25.3 Å². The average molecular weight is 165 g/mol. The lowest BCUT2D eigenvalue weighted by Crippen LogP contribution is -2.17. The van der Waals surface area contributed by atoms with E-state index >= 15 is 0 Å². The van der Waals surface area contributed by atoms with E-state index in [4.69, 9.17) is 5.73 Å². The van der Waals surface area contributed by atoms with Gasteiger partial charge in [0.05, 0.1) is 6.20 Å². The molecule has 0 spiro atoms. The third-order valence-electron chi connectivity index (χ3n) is 2.67. The van der Waals surface area contributed by atoms with Gasteiger partial charge in [0, 0.05) is 19.3 Å². The van der Waals surface area contributed by atoms with Crippen molar-refractivity contribution in [3.63, 3.8) is 0 Å². The van der Waals surface area contributed by atoms with Crippen LogP contribution in [0.4, 0.5) is 0 Å². The third kappa shape index (κ3) is 1.25. The van der Waals surface area contributed by atoms with Crippen LogP contribution in [0.1, 0.15) is 24.8 Å². The summed E-state index contributed by atoms with van der Waals surface area (Å²) >= 11 is 0. The van der Waals surface area contributed by atoms with Crippen molar-refractivity contribution in [3.05, 3.63) is 18.0 Å². The van der Waals surface area contributed by atoms with Gasteiger partial charge in [-0.2, -0.15) is 5.10 Å². The van der Waals surface area contributed by atoms with Crippen LogP contribution in [0, 0.1) is 5.92 Å². The Balaban J connectivity index is 2.05. The molecule has 1 saturated carbocycles. The van der Waals surface area contributed by atoms with Gasteiger partial charge in [-0.3, -0.25) is 4.68 Å². The van der Waals surface area contributed by atoms with Crippen molar-refractivity contribution in [2.24, 2.45) is 18.7 Å². The van der Waals surface area contributed by atoms with Crippen LogP contribution >= 0.6 is 0 Å². The number of aromatic nitrogens is 2. The van der Waals surface area contributed by atoms with Crippen molar-refractivity contribution < 1.29 is 0 Å². The topological polar surface area (TPSA) is 43.8 Å². The van der Waals surface area contributed by atoms with Gasteiger partial charge in [0.2, 0.25) is 0 Å². The van der Waals surface area contributed by atoms with Crippen molar-refractivity contribution in [1.82, 2.24) is 9.78 Å². The van der Waals surface area contributed by atoms with Gasteiger partial charge in [-0.05, 0) is 30.7 Å². The summed E-state index contributed by atoms with van der Waals surface area (Å²) in [7, 11) is 1.95. The molecular weight excluding hydrogens is 150 g/mol. The fourth-order valence-corrected chi connectivity index (χ4v) is 1.81. The molecular formula is C9H15N3. The fraction of sp³-hybridized carbons (Fsp3) is 0.667. The molecule has 1 heterocycles. The molecule has 0 radical (unpaired) electrons. The zero-order valence-corrected chi connectivity index (χ0v) is 7.57.